The Kier molecular flexibility index (Phi) is 3.72. The van der Waals surface area contributed by atoms with Crippen molar-refractivity contribution in [2.45, 2.75) is 26.3 Å². The minimum atomic E-state index is -0.239. The van der Waals surface area contributed by atoms with Crippen LogP contribution in [0.3, 0.4) is 0 Å². The standard InChI is InChI=1S/C15H15FN2S2/c1-9(7-12-5-3-10(2)19-12)17-15-18-13-8-11(16)4-6-14(13)20-15/h3-6,8-9H,7H2,1-2H3,(H,17,18). The first-order valence-electron chi connectivity index (χ1n) is 6.48. The van der Waals surface area contributed by atoms with E-state index < -0.39 is 0 Å². The first-order chi connectivity index (χ1) is 9.60. The van der Waals surface area contributed by atoms with E-state index in [2.05, 4.69) is 36.3 Å². The summed E-state index contributed by atoms with van der Waals surface area (Å²) < 4.78 is 14.2. The number of fused-ring (bicyclic) bond motifs is 1. The van der Waals surface area contributed by atoms with Crippen LogP contribution in [0.15, 0.2) is 30.3 Å². The maximum atomic E-state index is 13.1. The summed E-state index contributed by atoms with van der Waals surface area (Å²) >= 11 is 3.39. The number of hydrogen-bond acceptors (Lipinski definition) is 4. The van der Waals surface area contributed by atoms with Crippen molar-refractivity contribution >= 4 is 38.0 Å². The number of aromatic nitrogens is 1. The SMILES string of the molecule is Cc1ccc(CC(C)Nc2nc3cc(F)ccc3s2)s1. The molecule has 0 aliphatic heterocycles. The van der Waals surface area contributed by atoms with Crippen LogP contribution in [-0.2, 0) is 6.42 Å². The number of aryl methyl sites for hydroxylation is 1. The molecule has 2 aromatic heterocycles. The number of rotatable bonds is 4. The molecule has 0 bridgehead atoms. The van der Waals surface area contributed by atoms with Gasteiger partial charge in [0.1, 0.15) is 5.82 Å². The molecule has 1 unspecified atom stereocenters. The number of benzene rings is 1. The highest BCUT2D eigenvalue weighted by atomic mass is 32.1. The van der Waals surface area contributed by atoms with Crippen LogP contribution in [-0.4, -0.2) is 11.0 Å². The van der Waals surface area contributed by atoms with E-state index in [1.165, 1.54) is 21.9 Å². The molecule has 2 nitrogen and oxygen atoms in total. The van der Waals surface area contributed by atoms with Crippen molar-refractivity contribution < 1.29 is 4.39 Å². The van der Waals surface area contributed by atoms with Gasteiger partial charge in [-0.2, -0.15) is 0 Å². The van der Waals surface area contributed by atoms with Crippen molar-refractivity contribution in [3.05, 3.63) is 45.9 Å². The molecule has 1 atom stereocenters. The number of nitrogens with one attached hydrogen (secondary N) is 1. The van der Waals surface area contributed by atoms with Gasteiger partial charge in [0.15, 0.2) is 5.13 Å². The fourth-order valence-electron chi connectivity index (χ4n) is 2.12. The lowest BCUT2D eigenvalue weighted by Crippen LogP contribution is -2.17. The van der Waals surface area contributed by atoms with Crippen molar-refractivity contribution in [1.82, 2.24) is 4.98 Å². The van der Waals surface area contributed by atoms with Gasteiger partial charge in [-0.3, -0.25) is 0 Å². The van der Waals surface area contributed by atoms with E-state index in [4.69, 9.17) is 0 Å². The number of anilines is 1. The van der Waals surface area contributed by atoms with Gasteiger partial charge in [-0.05, 0) is 38.1 Å². The molecule has 0 fully saturated rings. The van der Waals surface area contributed by atoms with E-state index in [-0.39, 0.29) is 5.82 Å². The van der Waals surface area contributed by atoms with Crippen molar-refractivity contribution in [2.24, 2.45) is 0 Å². The van der Waals surface area contributed by atoms with Gasteiger partial charge in [-0.15, -0.1) is 11.3 Å². The van der Waals surface area contributed by atoms with Crippen molar-refractivity contribution in [2.75, 3.05) is 5.32 Å². The monoisotopic (exact) mass is 306 g/mol. The molecule has 0 radical (unpaired) electrons. The molecule has 0 spiro atoms. The second-order valence-electron chi connectivity index (χ2n) is 4.89. The third-order valence-corrected chi connectivity index (χ3v) is 5.01. The zero-order valence-corrected chi connectivity index (χ0v) is 12.9. The number of halogens is 1. The summed E-state index contributed by atoms with van der Waals surface area (Å²) in [6, 6.07) is 9.35. The number of hydrogen-bond donors (Lipinski definition) is 1. The Morgan fingerprint density at radius 2 is 2.10 bits per heavy atom. The van der Waals surface area contributed by atoms with Gasteiger partial charge >= 0.3 is 0 Å². The summed E-state index contributed by atoms with van der Waals surface area (Å²) in [7, 11) is 0. The molecule has 20 heavy (non-hydrogen) atoms. The molecule has 5 heteroatoms. The highest BCUT2D eigenvalue weighted by Gasteiger charge is 2.09. The molecule has 0 aliphatic rings. The predicted molar refractivity (Wildman–Crippen MR) is 85.4 cm³/mol. The Balaban J connectivity index is 1.72. The van der Waals surface area contributed by atoms with E-state index in [1.54, 1.807) is 17.4 Å². The Labute approximate surface area is 125 Å². The number of nitrogens with zero attached hydrogens (tertiary/aromatic N) is 1. The molecular formula is C15H15FN2S2. The van der Waals surface area contributed by atoms with Gasteiger partial charge in [-0.1, -0.05) is 11.3 Å². The van der Waals surface area contributed by atoms with Gasteiger partial charge in [0, 0.05) is 28.3 Å². The lowest BCUT2D eigenvalue weighted by molar-refractivity contribution is 0.629. The van der Waals surface area contributed by atoms with Crippen LogP contribution in [0.5, 0.6) is 0 Å². The van der Waals surface area contributed by atoms with E-state index in [1.807, 2.05) is 11.3 Å². The second-order valence-corrected chi connectivity index (χ2v) is 7.30. The molecule has 0 amide bonds. The first-order valence-corrected chi connectivity index (χ1v) is 8.11. The molecule has 1 N–H and O–H groups in total. The first kappa shape index (κ1) is 13.5. The van der Waals surface area contributed by atoms with Crippen LogP contribution in [0.4, 0.5) is 9.52 Å². The van der Waals surface area contributed by atoms with Crippen LogP contribution in [0, 0.1) is 12.7 Å². The fraction of sp³-hybridized carbons (Fsp3) is 0.267. The third-order valence-electron chi connectivity index (χ3n) is 3.02. The average molecular weight is 306 g/mol. The van der Waals surface area contributed by atoms with Crippen LogP contribution >= 0.6 is 22.7 Å². The predicted octanol–water partition coefficient (Wildman–Crippen LogP) is 4.85. The minimum absolute atomic E-state index is 0.239. The Morgan fingerprint density at radius 1 is 1.25 bits per heavy atom. The van der Waals surface area contributed by atoms with Crippen molar-refractivity contribution in [1.29, 1.82) is 0 Å². The Morgan fingerprint density at radius 3 is 2.85 bits per heavy atom. The lowest BCUT2D eigenvalue weighted by atomic mass is 10.2. The fourth-order valence-corrected chi connectivity index (χ4v) is 4.10. The molecule has 2 heterocycles. The molecule has 3 aromatic rings. The summed E-state index contributed by atoms with van der Waals surface area (Å²) in [5.41, 5.74) is 0.719. The number of thiophene rings is 1. The molecule has 3 rings (SSSR count). The topological polar surface area (TPSA) is 24.9 Å². The molecule has 0 saturated carbocycles. The van der Waals surface area contributed by atoms with Crippen molar-refractivity contribution in [3.8, 4) is 0 Å². The molecular weight excluding hydrogens is 291 g/mol. The molecule has 0 saturated heterocycles. The van der Waals surface area contributed by atoms with Gasteiger partial charge in [-0.25, -0.2) is 9.37 Å². The maximum absolute atomic E-state index is 13.1. The quantitative estimate of drug-likeness (QED) is 0.745. The molecule has 1 aromatic carbocycles. The minimum Gasteiger partial charge on any atom is -0.359 e. The summed E-state index contributed by atoms with van der Waals surface area (Å²) in [5.74, 6) is -0.239. The van der Waals surface area contributed by atoms with E-state index in [0.717, 1.165) is 21.8 Å². The molecule has 104 valence electrons. The van der Waals surface area contributed by atoms with Gasteiger partial charge < -0.3 is 5.32 Å². The van der Waals surface area contributed by atoms with Crippen LogP contribution in [0.2, 0.25) is 0 Å². The van der Waals surface area contributed by atoms with Gasteiger partial charge in [0.25, 0.3) is 0 Å². The van der Waals surface area contributed by atoms with Crippen LogP contribution in [0.1, 0.15) is 16.7 Å². The highest BCUT2D eigenvalue weighted by molar-refractivity contribution is 7.22. The van der Waals surface area contributed by atoms with Crippen molar-refractivity contribution in [3.63, 3.8) is 0 Å². The highest BCUT2D eigenvalue weighted by Crippen LogP contribution is 2.27. The van der Waals surface area contributed by atoms with Gasteiger partial charge in [0.2, 0.25) is 0 Å². The summed E-state index contributed by atoms with van der Waals surface area (Å²) in [4.78, 5) is 7.14. The molecule has 0 aliphatic carbocycles. The second kappa shape index (κ2) is 5.50. The van der Waals surface area contributed by atoms with E-state index >= 15 is 0 Å². The largest absolute Gasteiger partial charge is 0.359 e. The Bertz CT molecular complexity index is 732. The summed E-state index contributed by atoms with van der Waals surface area (Å²) in [6.45, 7) is 4.26. The zero-order chi connectivity index (χ0) is 14.1. The van der Waals surface area contributed by atoms with E-state index in [0.29, 0.717) is 6.04 Å². The normalized spacial score (nSPS) is 12.8. The van der Waals surface area contributed by atoms with Crippen LogP contribution in [0.25, 0.3) is 10.2 Å². The smallest absolute Gasteiger partial charge is 0.184 e. The average Bonchev–Trinajstić information content (AvgIpc) is 2.94. The number of thiazole rings is 1. The zero-order valence-electron chi connectivity index (χ0n) is 11.3. The van der Waals surface area contributed by atoms with Gasteiger partial charge in [0.05, 0.1) is 10.2 Å². The van der Waals surface area contributed by atoms with Crippen LogP contribution < -0.4 is 5.32 Å². The Hall–Kier alpha value is -1.46. The summed E-state index contributed by atoms with van der Waals surface area (Å²) in [6.07, 6.45) is 0.975. The third kappa shape index (κ3) is 2.99. The van der Waals surface area contributed by atoms with E-state index in [9.17, 15) is 4.39 Å². The maximum Gasteiger partial charge on any atom is 0.184 e. The lowest BCUT2D eigenvalue weighted by Gasteiger charge is -2.11. The summed E-state index contributed by atoms with van der Waals surface area (Å²) in [5, 5.41) is 4.25.